The van der Waals surface area contributed by atoms with Gasteiger partial charge in [0.1, 0.15) is 0 Å². The lowest BCUT2D eigenvalue weighted by Crippen LogP contribution is -2.30. The Morgan fingerprint density at radius 2 is 2.00 bits per heavy atom. The maximum absolute atomic E-state index is 12.4. The number of thiophene rings is 1. The van der Waals surface area contributed by atoms with Gasteiger partial charge in [0.05, 0.1) is 13.1 Å². The minimum absolute atomic E-state index is 0.0384. The van der Waals surface area contributed by atoms with Crippen LogP contribution in [0.25, 0.3) is 10.9 Å². The predicted octanol–water partition coefficient (Wildman–Crippen LogP) is 3.76. The van der Waals surface area contributed by atoms with Gasteiger partial charge in [-0.05, 0) is 48.6 Å². The van der Waals surface area contributed by atoms with Gasteiger partial charge < -0.3 is 9.88 Å². The minimum atomic E-state index is -0.134. The number of hydrogen-bond donors (Lipinski definition) is 1. The fourth-order valence-electron chi connectivity index (χ4n) is 2.91. The third-order valence-electron chi connectivity index (χ3n) is 4.12. The highest BCUT2D eigenvalue weighted by Gasteiger charge is 2.14. The normalized spacial score (nSPS) is 11.0. The summed E-state index contributed by atoms with van der Waals surface area (Å²) in [5.41, 5.74) is 3.56. The van der Waals surface area contributed by atoms with Crippen molar-refractivity contribution in [1.82, 2.24) is 9.88 Å². The molecule has 1 aromatic carbocycles. The molecule has 3 rings (SSSR count). The lowest BCUT2D eigenvalue weighted by atomic mass is 10.0. The van der Waals surface area contributed by atoms with Crippen LogP contribution in [-0.4, -0.2) is 15.8 Å². The number of H-pyrrole nitrogens is 1. The number of aryl methyl sites for hydroxylation is 2. The van der Waals surface area contributed by atoms with Crippen LogP contribution >= 0.6 is 11.3 Å². The number of pyridine rings is 1. The molecule has 5 heteroatoms. The fourth-order valence-corrected chi connectivity index (χ4v) is 3.63. The van der Waals surface area contributed by atoms with Crippen LogP contribution in [0.3, 0.4) is 0 Å². The number of aromatic nitrogens is 1. The van der Waals surface area contributed by atoms with Gasteiger partial charge >= 0.3 is 0 Å². The first-order chi connectivity index (χ1) is 11.4. The molecule has 2 aromatic heterocycles. The van der Waals surface area contributed by atoms with Gasteiger partial charge in [0.15, 0.2) is 0 Å². The van der Waals surface area contributed by atoms with E-state index in [1.807, 2.05) is 43.5 Å². The molecule has 0 saturated carbocycles. The summed E-state index contributed by atoms with van der Waals surface area (Å²) in [7, 11) is 0. The van der Waals surface area contributed by atoms with Crippen LogP contribution in [-0.2, 0) is 17.9 Å². The molecule has 0 aliphatic rings. The first-order valence-corrected chi connectivity index (χ1v) is 8.73. The monoisotopic (exact) mass is 340 g/mol. The summed E-state index contributed by atoms with van der Waals surface area (Å²) in [5, 5.41) is 3.01. The fraction of sp³-hybridized carbons (Fsp3) is 0.263. The van der Waals surface area contributed by atoms with Crippen molar-refractivity contribution in [2.45, 2.75) is 33.9 Å². The lowest BCUT2D eigenvalue weighted by Gasteiger charge is -2.20. The average Bonchev–Trinajstić information content (AvgIpc) is 3.00. The third kappa shape index (κ3) is 3.41. The number of nitrogens with one attached hydrogen (secondary N) is 1. The third-order valence-corrected chi connectivity index (χ3v) is 4.98. The highest BCUT2D eigenvalue weighted by atomic mass is 32.1. The number of rotatable bonds is 4. The van der Waals surface area contributed by atoms with E-state index in [-0.39, 0.29) is 11.5 Å². The molecule has 0 radical (unpaired) electrons. The van der Waals surface area contributed by atoms with Gasteiger partial charge in [-0.2, -0.15) is 0 Å². The Bertz CT molecular complexity index is 942. The molecule has 3 aromatic rings. The summed E-state index contributed by atoms with van der Waals surface area (Å²) in [4.78, 5) is 30.2. The van der Waals surface area contributed by atoms with Crippen LogP contribution in [0.1, 0.15) is 28.5 Å². The number of carbonyl (C=O) groups is 1. The van der Waals surface area contributed by atoms with Crippen molar-refractivity contribution in [1.29, 1.82) is 0 Å². The first kappa shape index (κ1) is 16.5. The highest BCUT2D eigenvalue weighted by Crippen LogP contribution is 2.20. The van der Waals surface area contributed by atoms with Crippen molar-refractivity contribution in [3.8, 4) is 0 Å². The Morgan fingerprint density at radius 3 is 2.67 bits per heavy atom. The maximum Gasteiger partial charge on any atom is 0.253 e. The zero-order valence-electron chi connectivity index (χ0n) is 14.1. The van der Waals surface area contributed by atoms with E-state index in [9.17, 15) is 9.59 Å². The molecule has 2 heterocycles. The van der Waals surface area contributed by atoms with Crippen LogP contribution in [0, 0.1) is 13.8 Å². The maximum atomic E-state index is 12.4. The van der Waals surface area contributed by atoms with E-state index in [1.54, 1.807) is 16.2 Å². The predicted molar refractivity (Wildman–Crippen MR) is 98.3 cm³/mol. The molecular formula is C19H20N2O2S. The zero-order valence-corrected chi connectivity index (χ0v) is 14.9. The van der Waals surface area contributed by atoms with E-state index in [4.69, 9.17) is 0 Å². The second-order valence-corrected chi connectivity index (χ2v) is 7.15. The molecule has 0 saturated heterocycles. The van der Waals surface area contributed by atoms with Crippen LogP contribution in [0.5, 0.6) is 0 Å². The Hall–Kier alpha value is -2.40. The van der Waals surface area contributed by atoms with Crippen molar-refractivity contribution in [3.05, 3.63) is 67.6 Å². The Balaban J connectivity index is 1.97. The van der Waals surface area contributed by atoms with E-state index >= 15 is 0 Å². The quantitative estimate of drug-likeness (QED) is 0.786. The molecule has 0 bridgehead atoms. The molecule has 0 atom stereocenters. The van der Waals surface area contributed by atoms with Crippen LogP contribution in [0.15, 0.2) is 40.5 Å². The molecule has 0 spiro atoms. The summed E-state index contributed by atoms with van der Waals surface area (Å²) in [6.45, 7) is 6.42. The SMILES string of the molecule is CC(=O)N(Cc1cccs1)Cc1cc2c(C)cc(C)cc2[nH]c1=O. The second kappa shape index (κ2) is 6.61. The van der Waals surface area contributed by atoms with Crippen molar-refractivity contribution >= 4 is 28.1 Å². The van der Waals surface area contributed by atoms with Crippen LogP contribution < -0.4 is 5.56 Å². The summed E-state index contributed by atoms with van der Waals surface area (Å²) in [6.07, 6.45) is 0. The molecular weight excluding hydrogens is 320 g/mol. The topological polar surface area (TPSA) is 53.2 Å². The number of nitrogens with zero attached hydrogens (tertiary/aromatic N) is 1. The molecule has 0 aliphatic carbocycles. The largest absolute Gasteiger partial charge is 0.333 e. The number of aromatic amines is 1. The molecule has 24 heavy (non-hydrogen) atoms. The van der Waals surface area contributed by atoms with Gasteiger partial charge in [0.2, 0.25) is 5.91 Å². The van der Waals surface area contributed by atoms with E-state index in [2.05, 4.69) is 11.1 Å². The van der Waals surface area contributed by atoms with E-state index in [1.165, 1.54) is 6.92 Å². The number of amides is 1. The Morgan fingerprint density at radius 1 is 1.21 bits per heavy atom. The molecule has 124 valence electrons. The number of benzene rings is 1. The minimum Gasteiger partial charge on any atom is -0.333 e. The number of hydrogen-bond acceptors (Lipinski definition) is 3. The van der Waals surface area contributed by atoms with Gasteiger partial charge in [-0.25, -0.2) is 0 Å². The van der Waals surface area contributed by atoms with Crippen molar-refractivity contribution < 1.29 is 4.79 Å². The van der Waals surface area contributed by atoms with Crippen LogP contribution in [0.4, 0.5) is 0 Å². The van der Waals surface area contributed by atoms with E-state index in [0.717, 1.165) is 26.9 Å². The van der Waals surface area contributed by atoms with Crippen molar-refractivity contribution in [2.24, 2.45) is 0 Å². The van der Waals surface area contributed by atoms with Gasteiger partial charge in [0.25, 0.3) is 5.56 Å². The summed E-state index contributed by atoms with van der Waals surface area (Å²) in [5.74, 6) is -0.0384. The van der Waals surface area contributed by atoms with Gasteiger partial charge in [-0.15, -0.1) is 11.3 Å². The number of fused-ring (bicyclic) bond motifs is 1. The summed E-state index contributed by atoms with van der Waals surface area (Å²) >= 11 is 1.61. The lowest BCUT2D eigenvalue weighted by molar-refractivity contribution is -0.130. The standard InChI is InChI=1S/C19H20N2O2S/c1-12-7-13(2)17-9-15(19(23)20-18(17)8-12)10-21(14(3)22)11-16-5-4-6-24-16/h4-9H,10-11H2,1-3H3,(H,20,23). The first-order valence-electron chi connectivity index (χ1n) is 7.85. The molecule has 0 fully saturated rings. The van der Waals surface area contributed by atoms with E-state index in [0.29, 0.717) is 18.7 Å². The summed E-state index contributed by atoms with van der Waals surface area (Å²) < 4.78 is 0. The molecule has 4 nitrogen and oxygen atoms in total. The van der Waals surface area contributed by atoms with Gasteiger partial charge in [-0.1, -0.05) is 12.1 Å². The van der Waals surface area contributed by atoms with Crippen molar-refractivity contribution in [2.75, 3.05) is 0 Å². The molecule has 1 N–H and O–H groups in total. The molecule has 0 aliphatic heterocycles. The Kier molecular flexibility index (Phi) is 4.53. The van der Waals surface area contributed by atoms with E-state index < -0.39 is 0 Å². The molecule has 0 unspecified atom stereocenters. The van der Waals surface area contributed by atoms with Gasteiger partial charge in [0, 0.05) is 28.3 Å². The summed E-state index contributed by atoms with van der Waals surface area (Å²) in [6, 6.07) is 9.94. The Labute approximate surface area is 144 Å². The number of carbonyl (C=O) groups excluding carboxylic acids is 1. The average molecular weight is 340 g/mol. The van der Waals surface area contributed by atoms with Crippen LogP contribution in [0.2, 0.25) is 0 Å². The smallest absolute Gasteiger partial charge is 0.253 e. The second-order valence-electron chi connectivity index (χ2n) is 6.12. The molecule has 1 amide bonds. The van der Waals surface area contributed by atoms with Gasteiger partial charge in [-0.3, -0.25) is 9.59 Å². The van der Waals surface area contributed by atoms with Crippen molar-refractivity contribution in [3.63, 3.8) is 0 Å². The highest BCUT2D eigenvalue weighted by molar-refractivity contribution is 7.09. The zero-order chi connectivity index (χ0) is 17.3.